The van der Waals surface area contributed by atoms with Crippen LogP contribution in [0.2, 0.25) is 0 Å². The molecule has 0 spiro atoms. The van der Waals surface area contributed by atoms with Gasteiger partial charge in [0.15, 0.2) is 0 Å². The Morgan fingerprint density at radius 3 is 2.18 bits per heavy atom. The van der Waals surface area contributed by atoms with Crippen LogP contribution >= 0.6 is 0 Å². The van der Waals surface area contributed by atoms with Crippen LogP contribution in [0.4, 0.5) is 13.2 Å². The van der Waals surface area contributed by atoms with Gasteiger partial charge in [-0.15, -0.1) is 0 Å². The van der Waals surface area contributed by atoms with Gasteiger partial charge in [-0.2, -0.15) is 13.2 Å². The van der Waals surface area contributed by atoms with Gasteiger partial charge in [0.25, 0.3) is 0 Å². The van der Waals surface area contributed by atoms with Gasteiger partial charge in [0.2, 0.25) is 10.0 Å². The number of rotatable bonds is 15. The molecule has 9 heteroatoms. The van der Waals surface area contributed by atoms with Crippen molar-refractivity contribution in [1.29, 1.82) is 0 Å². The summed E-state index contributed by atoms with van der Waals surface area (Å²) in [6.45, 7) is 5.42. The number of alkyl halides is 3. The van der Waals surface area contributed by atoms with Crippen molar-refractivity contribution in [3.63, 3.8) is 0 Å². The van der Waals surface area contributed by atoms with Crippen LogP contribution < -0.4 is 10.0 Å². The highest BCUT2D eigenvalue weighted by Crippen LogP contribution is 2.30. The van der Waals surface area contributed by atoms with E-state index in [2.05, 4.69) is 17.0 Å². The van der Waals surface area contributed by atoms with Gasteiger partial charge in [-0.05, 0) is 94.6 Å². The third kappa shape index (κ3) is 10.8. The highest BCUT2D eigenvalue weighted by molar-refractivity contribution is 7.89. The molecule has 1 aliphatic rings. The summed E-state index contributed by atoms with van der Waals surface area (Å²) in [5.74, 6) is 0.437. The predicted molar refractivity (Wildman–Crippen MR) is 125 cm³/mol. The van der Waals surface area contributed by atoms with E-state index in [0.29, 0.717) is 12.0 Å². The fraction of sp³-hybridized carbons (Fsp3) is 0.750. The maximum absolute atomic E-state index is 12.6. The maximum atomic E-state index is 12.6. The van der Waals surface area contributed by atoms with Crippen LogP contribution in [0.15, 0.2) is 29.2 Å². The lowest BCUT2D eigenvalue weighted by molar-refractivity contribution is -0.137. The fourth-order valence-corrected chi connectivity index (χ4v) is 5.17. The first-order valence-electron chi connectivity index (χ1n) is 12.2. The number of hydrogen-bond acceptors (Lipinski definition) is 4. The molecule has 1 saturated carbocycles. The highest BCUT2D eigenvalue weighted by Gasteiger charge is 2.30. The molecule has 1 fully saturated rings. The van der Waals surface area contributed by atoms with E-state index in [9.17, 15) is 21.6 Å². The Labute approximate surface area is 196 Å². The molecular weight excluding hydrogens is 453 g/mol. The van der Waals surface area contributed by atoms with Crippen molar-refractivity contribution in [2.24, 2.45) is 5.92 Å². The molecule has 0 bridgehead atoms. The van der Waals surface area contributed by atoms with E-state index >= 15 is 0 Å². The van der Waals surface area contributed by atoms with Crippen LogP contribution in [0, 0.1) is 5.92 Å². The van der Waals surface area contributed by atoms with Gasteiger partial charge in [0.05, 0.1) is 16.6 Å². The zero-order valence-corrected chi connectivity index (χ0v) is 20.4. The van der Waals surface area contributed by atoms with Crippen molar-refractivity contribution in [3.05, 3.63) is 29.8 Å². The Kier molecular flexibility index (Phi) is 12.2. The molecule has 0 unspecified atom stereocenters. The zero-order chi connectivity index (χ0) is 24.2. The normalized spacial score (nSPS) is 19.6. The monoisotopic (exact) mass is 492 g/mol. The van der Waals surface area contributed by atoms with Crippen molar-refractivity contribution in [2.45, 2.75) is 88.3 Å². The summed E-state index contributed by atoms with van der Waals surface area (Å²) < 4.78 is 71.1. The van der Waals surface area contributed by atoms with Crippen LogP contribution in [0.3, 0.4) is 0 Å². The van der Waals surface area contributed by atoms with Crippen LogP contribution in [-0.4, -0.2) is 40.8 Å². The van der Waals surface area contributed by atoms with Gasteiger partial charge >= 0.3 is 6.18 Å². The Balaban J connectivity index is 1.56. The number of halogens is 3. The minimum Gasteiger partial charge on any atom is -0.378 e. The van der Waals surface area contributed by atoms with E-state index < -0.39 is 21.8 Å². The van der Waals surface area contributed by atoms with Gasteiger partial charge in [-0.3, -0.25) is 0 Å². The third-order valence-corrected chi connectivity index (χ3v) is 7.67. The first-order chi connectivity index (χ1) is 15.7. The number of ether oxygens (including phenoxy) is 1. The van der Waals surface area contributed by atoms with Crippen molar-refractivity contribution in [2.75, 3.05) is 26.2 Å². The summed E-state index contributed by atoms with van der Waals surface area (Å²) in [6, 6.07) is 3.58. The van der Waals surface area contributed by atoms with Crippen LogP contribution in [0.5, 0.6) is 0 Å². The SMILES string of the molecule is CCCCCNCCCCOC1CCC(CCNS(=O)(=O)c2ccc(C(F)(F)F)cc2)CC1. The molecule has 0 saturated heterocycles. The molecule has 0 atom stereocenters. The second-order valence-electron chi connectivity index (χ2n) is 8.89. The number of unbranched alkanes of at least 4 members (excludes halogenated alkanes) is 3. The lowest BCUT2D eigenvalue weighted by Gasteiger charge is -2.28. The van der Waals surface area contributed by atoms with Gasteiger partial charge in [-0.1, -0.05) is 19.8 Å². The first-order valence-corrected chi connectivity index (χ1v) is 13.7. The van der Waals surface area contributed by atoms with Crippen molar-refractivity contribution in [3.8, 4) is 0 Å². The minimum atomic E-state index is -4.48. The Bertz CT molecular complexity index is 762. The average molecular weight is 493 g/mol. The lowest BCUT2D eigenvalue weighted by atomic mass is 9.85. The van der Waals surface area contributed by atoms with Crippen LogP contribution in [-0.2, 0) is 20.9 Å². The second kappa shape index (κ2) is 14.3. The van der Waals surface area contributed by atoms with E-state index in [-0.39, 0.29) is 11.4 Å². The quantitative estimate of drug-likeness (QED) is 0.317. The topological polar surface area (TPSA) is 67.4 Å². The zero-order valence-electron chi connectivity index (χ0n) is 19.6. The highest BCUT2D eigenvalue weighted by atomic mass is 32.2. The molecule has 1 aromatic rings. The summed E-state index contributed by atoms with van der Waals surface area (Å²) in [5, 5.41) is 3.46. The molecule has 0 amide bonds. The molecule has 1 aromatic carbocycles. The molecule has 2 N–H and O–H groups in total. The van der Waals surface area contributed by atoms with Crippen LogP contribution in [0.25, 0.3) is 0 Å². The molecule has 1 aliphatic carbocycles. The van der Waals surface area contributed by atoms with Crippen LogP contribution in [0.1, 0.15) is 76.7 Å². The minimum absolute atomic E-state index is 0.149. The molecule has 0 aromatic heterocycles. The molecular formula is C24H39F3N2O3S. The summed E-state index contributed by atoms with van der Waals surface area (Å²) in [4.78, 5) is -0.149. The molecule has 0 radical (unpaired) electrons. The Morgan fingerprint density at radius 1 is 0.939 bits per heavy atom. The molecule has 2 rings (SSSR count). The van der Waals surface area contributed by atoms with Crippen molar-refractivity contribution < 1.29 is 26.3 Å². The number of hydrogen-bond donors (Lipinski definition) is 2. The van der Waals surface area contributed by atoms with E-state index in [0.717, 1.165) is 88.9 Å². The first kappa shape index (κ1) is 28.1. The van der Waals surface area contributed by atoms with E-state index in [1.165, 1.54) is 19.3 Å². The average Bonchev–Trinajstić information content (AvgIpc) is 2.78. The maximum Gasteiger partial charge on any atom is 0.416 e. The Hall–Kier alpha value is -1.16. The molecule has 5 nitrogen and oxygen atoms in total. The number of benzene rings is 1. The van der Waals surface area contributed by atoms with Crippen molar-refractivity contribution >= 4 is 10.0 Å². The molecule has 0 aliphatic heterocycles. The summed E-state index contributed by atoms with van der Waals surface area (Å²) in [7, 11) is -3.81. The van der Waals surface area contributed by atoms with E-state index in [1.807, 2.05) is 0 Å². The summed E-state index contributed by atoms with van der Waals surface area (Å²) >= 11 is 0. The summed E-state index contributed by atoms with van der Waals surface area (Å²) in [5.41, 5.74) is -0.862. The number of sulfonamides is 1. The van der Waals surface area contributed by atoms with Gasteiger partial charge in [0, 0.05) is 13.2 Å². The van der Waals surface area contributed by atoms with Crippen molar-refractivity contribution in [1.82, 2.24) is 10.0 Å². The smallest absolute Gasteiger partial charge is 0.378 e. The molecule has 0 heterocycles. The van der Waals surface area contributed by atoms with Gasteiger partial charge in [0.1, 0.15) is 0 Å². The van der Waals surface area contributed by atoms with Gasteiger partial charge < -0.3 is 10.1 Å². The largest absolute Gasteiger partial charge is 0.416 e. The lowest BCUT2D eigenvalue weighted by Crippen LogP contribution is -2.28. The predicted octanol–water partition coefficient (Wildman–Crippen LogP) is 5.51. The fourth-order valence-electron chi connectivity index (χ4n) is 4.12. The number of nitrogens with one attached hydrogen (secondary N) is 2. The van der Waals surface area contributed by atoms with Gasteiger partial charge in [-0.25, -0.2) is 13.1 Å². The third-order valence-electron chi connectivity index (χ3n) is 6.19. The van der Waals surface area contributed by atoms with E-state index in [4.69, 9.17) is 4.74 Å². The summed E-state index contributed by atoms with van der Waals surface area (Å²) in [6.07, 6.45) is 6.48. The molecule has 190 valence electrons. The second-order valence-corrected chi connectivity index (χ2v) is 10.7. The Morgan fingerprint density at radius 2 is 1.58 bits per heavy atom. The van der Waals surface area contributed by atoms with E-state index in [1.54, 1.807) is 0 Å². The standard InChI is InChI=1S/C24H39F3N2O3S/c1-2-3-4-16-28-17-5-6-19-32-22-11-7-20(8-12-22)15-18-29-33(30,31)23-13-9-21(10-14-23)24(25,26)27/h9-10,13-14,20,22,28-29H,2-8,11-12,15-19H2,1H3. The molecule has 33 heavy (non-hydrogen) atoms.